The Labute approximate surface area is 255 Å². The van der Waals surface area contributed by atoms with Crippen LogP contribution in [0.2, 0.25) is 0 Å². The SMILES string of the molecule is CCC(C)N(Cc1cccc(OCC(C)F)c1)c1ccc(C(c2ccccc2)c2ccc(N(C)CC)cc2C(=O)O)cc1. The molecule has 43 heavy (non-hydrogen) atoms. The van der Waals surface area contributed by atoms with E-state index in [-0.39, 0.29) is 18.6 Å². The average Bonchev–Trinajstić information content (AvgIpc) is 3.03. The molecule has 0 aliphatic heterocycles. The zero-order valence-corrected chi connectivity index (χ0v) is 25.8. The molecule has 1 N–H and O–H groups in total. The van der Waals surface area contributed by atoms with Crippen LogP contribution in [0.1, 0.15) is 72.6 Å². The van der Waals surface area contributed by atoms with Crippen LogP contribution >= 0.6 is 0 Å². The van der Waals surface area contributed by atoms with Crippen LogP contribution in [0.3, 0.4) is 0 Å². The molecule has 0 spiro atoms. The molecule has 0 aromatic heterocycles. The van der Waals surface area contributed by atoms with Crippen molar-refractivity contribution in [1.82, 2.24) is 0 Å². The monoisotopic (exact) mass is 582 g/mol. The third kappa shape index (κ3) is 7.95. The second-order valence-corrected chi connectivity index (χ2v) is 11.2. The molecular weight excluding hydrogens is 539 g/mol. The molecule has 0 heterocycles. The van der Waals surface area contributed by atoms with Gasteiger partial charge in [-0.05, 0) is 85.8 Å². The standard InChI is InChI=1S/C37H43FN2O3/c1-6-27(4)40(24-28-12-11-15-33(22-28)43-25-26(3)38)31-18-16-30(17-19-31)36(29-13-9-8-10-14-29)34-21-20-32(39(5)7-2)23-35(34)37(41)42/h8-23,26-27,36H,6-7,24-25H2,1-5H3,(H,41,42). The quantitative estimate of drug-likeness (QED) is 0.151. The second-order valence-electron chi connectivity index (χ2n) is 11.2. The molecule has 0 saturated carbocycles. The summed E-state index contributed by atoms with van der Waals surface area (Å²) in [7, 11) is 1.96. The van der Waals surface area contributed by atoms with Crippen molar-refractivity contribution in [2.45, 2.75) is 58.8 Å². The summed E-state index contributed by atoms with van der Waals surface area (Å²) in [5, 5.41) is 10.3. The van der Waals surface area contributed by atoms with E-state index in [4.69, 9.17) is 4.74 Å². The highest BCUT2D eigenvalue weighted by Gasteiger charge is 2.24. The lowest BCUT2D eigenvalue weighted by atomic mass is 9.82. The van der Waals surface area contributed by atoms with Gasteiger partial charge >= 0.3 is 5.97 Å². The Morgan fingerprint density at radius 3 is 2.16 bits per heavy atom. The number of hydrogen-bond donors (Lipinski definition) is 1. The number of alkyl halides is 1. The molecule has 4 rings (SSSR count). The minimum Gasteiger partial charge on any atom is -0.491 e. The average molecular weight is 583 g/mol. The van der Waals surface area contributed by atoms with Gasteiger partial charge in [-0.15, -0.1) is 0 Å². The van der Waals surface area contributed by atoms with Crippen molar-refractivity contribution in [2.75, 3.05) is 30.0 Å². The minimum absolute atomic E-state index is 0.0319. The molecule has 226 valence electrons. The van der Waals surface area contributed by atoms with Crippen molar-refractivity contribution in [2.24, 2.45) is 0 Å². The number of halogens is 1. The molecule has 0 aliphatic rings. The number of carboxylic acids is 1. The van der Waals surface area contributed by atoms with Crippen molar-refractivity contribution in [1.29, 1.82) is 0 Å². The topological polar surface area (TPSA) is 53.0 Å². The van der Waals surface area contributed by atoms with Crippen LogP contribution in [0.25, 0.3) is 0 Å². The van der Waals surface area contributed by atoms with Gasteiger partial charge in [-0.3, -0.25) is 0 Å². The highest BCUT2D eigenvalue weighted by Crippen LogP contribution is 2.37. The van der Waals surface area contributed by atoms with Crippen LogP contribution in [0.5, 0.6) is 5.75 Å². The van der Waals surface area contributed by atoms with Gasteiger partial charge in [0.15, 0.2) is 0 Å². The third-order valence-corrected chi connectivity index (χ3v) is 8.04. The predicted octanol–water partition coefficient (Wildman–Crippen LogP) is 8.56. The van der Waals surface area contributed by atoms with Gasteiger partial charge in [0.1, 0.15) is 18.5 Å². The van der Waals surface area contributed by atoms with Gasteiger partial charge in [-0.2, -0.15) is 0 Å². The van der Waals surface area contributed by atoms with E-state index in [1.54, 1.807) is 6.07 Å². The summed E-state index contributed by atoms with van der Waals surface area (Å²) in [4.78, 5) is 16.9. The van der Waals surface area contributed by atoms with E-state index >= 15 is 0 Å². The maximum Gasteiger partial charge on any atom is 0.336 e. The summed E-state index contributed by atoms with van der Waals surface area (Å²) >= 11 is 0. The van der Waals surface area contributed by atoms with Gasteiger partial charge in [-0.1, -0.05) is 67.6 Å². The Balaban J connectivity index is 1.71. The minimum atomic E-state index is -1.03. The molecule has 4 aromatic carbocycles. The number of ether oxygens (including phenoxy) is 1. The summed E-state index contributed by atoms with van der Waals surface area (Å²) in [5.74, 6) is -0.516. The lowest BCUT2D eigenvalue weighted by Crippen LogP contribution is -2.32. The van der Waals surface area contributed by atoms with E-state index < -0.39 is 12.1 Å². The largest absolute Gasteiger partial charge is 0.491 e. The molecule has 0 radical (unpaired) electrons. The first kappa shape index (κ1) is 31.6. The maximum absolute atomic E-state index is 13.3. The number of hydrogen-bond acceptors (Lipinski definition) is 4. The first-order valence-electron chi connectivity index (χ1n) is 15.1. The first-order valence-corrected chi connectivity index (χ1v) is 15.1. The van der Waals surface area contributed by atoms with Crippen molar-refractivity contribution >= 4 is 17.3 Å². The van der Waals surface area contributed by atoms with Crippen LogP contribution in [0, 0.1) is 0 Å². The molecule has 0 fully saturated rings. The first-order chi connectivity index (χ1) is 20.7. The molecule has 0 bridgehead atoms. The zero-order chi connectivity index (χ0) is 30.9. The molecule has 3 unspecified atom stereocenters. The fourth-order valence-electron chi connectivity index (χ4n) is 5.32. The Morgan fingerprint density at radius 1 is 0.860 bits per heavy atom. The summed E-state index contributed by atoms with van der Waals surface area (Å²) in [6.07, 6.45) is -0.0644. The highest BCUT2D eigenvalue weighted by molar-refractivity contribution is 5.91. The molecule has 3 atom stereocenters. The predicted molar refractivity (Wildman–Crippen MR) is 175 cm³/mol. The van der Waals surface area contributed by atoms with Crippen molar-refractivity contribution < 1.29 is 19.0 Å². The number of nitrogens with zero attached hydrogens (tertiary/aromatic N) is 2. The van der Waals surface area contributed by atoms with Gasteiger partial charge in [-0.25, -0.2) is 9.18 Å². The number of carboxylic acid groups (broad SMARTS) is 1. The number of carbonyl (C=O) groups is 1. The van der Waals surface area contributed by atoms with Gasteiger partial charge in [0.25, 0.3) is 0 Å². The molecule has 0 amide bonds. The van der Waals surface area contributed by atoms with Crippen molar-refractivity contribution in [3.63, 3.8) is 0 Å². The Morgan fingerprint density at radius 2 is 1.53 bits per heavy atom. The maximum atomic E-state index is 13.3. The van der Waals surface area contributed by atoms with Gasteiger partial charge < -0.3 is 19.6 Å². The van der Waals surface area contributed by atoms with Crippen LogP contribution in [-0.4, -0.2) is 43.5 Å². The van der Waals surface area contributed by atoms with E-state index in [0.717, 1.165) is 46.6 Å². The van der Waals surface area contributed by atoms with E-state index in [1.165, 1.54) is 6.92 Å². The lowest BCUT2D eigenvalue weighted by molar-refractivity contribution is 0.0695. The number of aromatic carboxylic acids is 1. The fourth-order valence-corrected chi connectivity index (χ4v) is 5.32. The van der Waals surface area contributed by atoms with Crippen LogP contribution in [0.15, 0.2) is 97.1 Å². The van der Waals surface area contributed by atoms with Gasteiger partial charge in [0.05, 0.1) is 5.56 Å². The molecule has 0 saturated heterocycles. The van der Waals surface area contributed by atoms with Gasteiger partial charge in [0.2, 0.25) is 0 Å². The molecule has 6 heteroatoms. The smallest absolute Gasteiger partial charge is 0.336 e. The van der Waals surface area contributed by atoms with E-state index in [2.05, 4.69) is 61.2 Å². The highest BCUT2D eigenvalue weighted by atomic mass is 19.1. The number of benzene rings is 4. The van der Waals surface area contributed by atoms with E-state index in [1.807, 2.05) is 67.4 Å². The van der Waals surface area contributed by atoms with Crippen molar-refractivity contribution in [3.8, 4) is 5.75 Å². The molecule has 0 aliphatic carbocycles. The van der Waals surface area contributed by atoms with Gasteiger partial charge in [0, 0.05) is 43.5 Å². The molecule has 4 aromatic rings. The number of rotatable bonds is 14. The summed E-state index contributed by atoms with van der Waals surface area (Å²) < 4.78 is 19.0. The van der Waals surface area contributed by atoms with Crippen LogP contribution in [0.4, 0.5) is 15.8 Å². The van der Waals surface area contributed by atoms with E-state index in [0.29, 0.717) is 17.9 Å². The number of anilines is 2. The molecule has 5 nitrogen and oxygen atoms in total. The Bertz CT molecular complexity index is 1470. The van der Waals surface area contributed by atoms with E-state index in [9.17, 15) is 14.3 Å². The normalized spacial score (nSPS) is 13.2. The van der Waals surface area contributed by atoms with Crippen LogP contribution < -0.4 is 14.5 Å². The zero-order valence-electron chi connectivity index (χ0n) is 25.8. The lowest BCUT2D eigenvalue weighted by Gasteiger charge is -2.32. The third-order valence-electron chi connectivity index (χ3n) is 8.04. The summed E-state index contributed by atoms with van der Waals surface area (Å²) in [5.41, 5.74) is 6.16. The second kappa shape index (κ2) is 14.7. The Hall–Kier alpha value is -4.32. The van der Waals surface area contributed by atoms with Crippen LogP contribution in [-0.2, 0) is 6.54 Å². The summed E-state index contributed by atoms with van der Waals surface area (Å²) in [6.45, 7) is 9.40. The molecular formula is C37H43FN2O3. The van der Waals surface area contributed by atoms with Crippen molar-refractivity contribution in [3.05, 3.63) is 125 Å². The fraction of sp³-hybridized carbons (Fsp3) is 0.324. The summed E-state index contributed by atoms with van der Waals surface area (Å²) in [6, 6.07) is 32.4. The Kier molecular flexibility index (Phi) is 10.8.